The Labute approximate surface area is 267 Å². The first-order valence-corrected chi connectivity index (χ1v) is 14.9. The second kappa shape index (κ2) is 12.0. The molecule has 2 aliphatic rings. The second-order valence-electron chi connectivity index (χ2n) is 13.0. The number of hydrogen-bond donors (Lipinski definition) is 1. The van der Waals surface area contributed by atoms with Crippen LogP contribution >= 0.6 is 0 Å². The quantitative estimate of drug-likeness (QED) is 0.267. The lowest BCUT2D eigenvalue weighted by molar-refractivity contribution is -0.138. The zero-order chi connectivity index (χ0) is 34.6. The normalized spacial score (nSPS) is 20.1. The molecule has 47 heavy (non-hydrogen) atoms. The van der Waals surface area contributed by atoms with E-state index in [0.29, 0.717) is 42.0 Å². The number of nitrogens with two attached hydrogens (primary N) is 1. The Hall–Kier alpha value is -4.35. The second-order valence-corrected chi connectivity index (χ2v) is 13.0. The molecule has 0 radical (unpaired) electrons. The predicted molar refractivity (Wildman–Crippen MR) is 161 cm³/mol. The number of halogens is 7. The fourth-order valence-corrected chi connectivity index (χ4v) is 6.50. The van der Waals surface area contributed by atoms with Gasteiger partial charge in [-0.2, -0.15) is 26.3 Å². The Kier molecular flexibility index (Phi) is 8.70. The van der Waals surface area contributed by atoms with Crippen LogP contribution in [0.5, 0.6) is 0 Å². The van der Waals surface area contributed by atoms with Crippen LogP contribution in [0.2, 0.25) is 0 Å². The van der Waals surface area contributed by atoms with E-state index in [1.165, 1.54) is 36.1 Å². The highest BCUT2D eigenvalue weighted by Gasteiger charge is 2.43. The molecule has 1 heterocycles. The minimum absolute atomic E-state index is 0.0159. The van der Waals surface area contributed by atoms with E-state index in [9.17, 15) is 35.9 Å². The smallest absolute Gasteiger partial charge is 0.417 e. The predicted octanol–water partition coefficient (Wildman–Crippen LogP) is 9.48. The lowest BCUT2D eigenvalue weighted by atomic mass is 9.72. The largest absolute Gasteiger partial charge is 0.439 e. The number of carbonyl (C=O) groups is 2. The maximum absolute atomic E-state index is 15.5. The van der Waals surface area contributed by atoms with Crippen LogP contribution in [-0.2, 0) is 17.1 Å². The Morgan fingerprint density at radius 1 is 0.979 bits per heavy atom. The number of rotatable bonds is 6. The van der Waals surface area contributed by atoms with E-state index in [1.54, 1.807) is 6.92 Å². The van der Waals surface area contributed by atoms with Crippen molar-refractivity contribution in [3.63, 3.8) is 0 Å². The number of amides is 2. The molecular formula is C35H33F7N2O3. The molecule has 250 valence electrons. The molecule has 1 saturated heterocycles. The molecule has 0 aromatic heterocycles. The third-order valence-electron chi connectivity index (χ3n) is 8.89. The van der Waals surface area contributed by atoms with Gasteiger partial charge in [0.15, 0.2) is 0 Å². The first-order valence-electron chi connectivity index (χ1n) is 14.9. The van der Waals surface area contributed by atoms with Crippen LogP contribution < -0.4 is 5.73 Å². The van der Waals surface area contributed by atoms with Crippen molar-refractivity contribution in [3.8, 4) is 11.1 Å². The molecule has 0 saturated carbocycles. The van der Waals surface area contributed by atoms with Gasteiger partial charge in [0.05, 0.1) is 17.2 Å². The lowest BCUT2D eigenvalue weighted by Crippen LogP contribution is -2.35. The van der Waals surface area contributed by atoms with E-state index in [1.807, 2.05) is 13.8 Å². The summed E-state index contributed by atoms with van der Waals surface area (Å²) < 4.78 is 104. The minimum Gasteiger partial charge on any atom is -0.439 e. The maximum Gasteiger partial charge on any atom is 0.417 e. The Morgan fingerprint density at radius 3 is 2.32 bits per heavy atom. The van der Waals surface area contributed by atoms with Crippen molar-refractivity contribution in [2.75, 3.05) is 6.54 Å². The van der Waals surface area contributed by atoms with Crippen LogP contribution in [0.1, 0.15) is 84.3 Å². The summed E-state index contributed by atoms with van der Waals surface area (Å²) in [5.41, 5.74) is 4.28. The molecule has 2 amide bonds. The van der Waals surface area contributed by atoms with Gasteiger partial charge in [-0.15, -0.1) is 0 Å². The molecule has 1 fully saturated rings. The summed E-state index contributed by atoms with van der Waals surface area (Å²) in [6.45, 7) is 7.18. The number of alkyl halides is 6. The number of cyclic esters (lactones) is 1. The number of nitrogens with zero attached hydrogens (tertiary/aromatic N) is 1. The van der Waals surface area contributed by atoms with E-state index in [2.05, 4.69) is 0 Å². The van der Waals surface area contributed by atoms with Gasteiger partial charge in [0.2, 0.25) is 5.91 Å². The van der Waals surface area contributed by atoms with Crippen LogP contribution in [0.4, 0.5) is 35.5 Å². The van der Waals surface area contributed by atoms with E-state index in [0.717, 1.165) is 24.3 Å². The summed E-state index contributed by atoms with van der Waals surface area (Å²) in [4.78, 5) is 26.2. The number of hydrogen-bond acceptors (Lipinski definition) is 3. The van der Waals surface area contributed by atoms with Gasteiger partial charge in [-0.1, -0.05) is 37.6 Å². The van der Waals surface area contributed by atoms with Gasteiger partial charge in [0, 0.05) is 17.7 Å². The summed E-state index contributed by atoms with van der Waals surface area (Å²) in [5.74, 6) is -1.70. The third-order valence-corrected chi connectivity index (χ3v) is 8.89. The molecule has 1 aliphatic carbocycles. The molecular weight excluding hydrogens is 629 g/mol. The number of aryl methyl sites for hydroxylation is 1. The minimum atomic E-state index is -4.84. The van der Waals surface area contributed by atoms with Crippen LogP contribution in [0.25, 0.3) is 16.7 Å². The summed E-state index contributed by atoms with van der Waals surface area (Å²) in [7, 11) is 0. The van der Waals surface area contributed by atoms with Crippen LogP contribution in [0.3, 0.4) is 0 Å². The average Bonchev–Trinajstić information content (AvgIpc) is 3.24. The summed E-state index contributed by atoms with van der Waals surface area (Å²) in [5, 5.41) is 0. The van der Waals surface area contributed by atoms with E-state index in [-0.39, 0.29) is 39.8 Å². The number of benzene rings is 3. The molecule has 2 atom stereocenters. The first-order chi connectivity index (χ1) is 21.7. The molecule has 5 nitrogen and oxygen atoms in total. The summed E-state index contributed by atoms with van der Waals surface area (Å²) in [6, 6.07) is 9.42. The van der Waals surface area contributed by atoms with Gasteiger partial charge in [0.25, 0.3) is 0 Å². The van der Waals surface area contributed by atoms with Gasteiger partial charge in [0.1, 0.15) is 11.9 Å². The number of ether oxygens (including phenoxy) is 1. The van der Waals surface area contributed by atoms with Crippen LogP contribution in [0, 0.1) is 18.2 Å². The van der Waals surface area contributed by atoms with E-state index in [4.69, 9.17) is 10.5 Å². The molecule has 12 heteroatoms. The zero-order valence-electron chi connectivity index (χ0n) is 26.1. The van der Waals surface area contributed by atoms with Crippen molar-refractivity contribution < 1.29 is 45.1 Å². The van der Waals surface area contributed by atoms with E-state index >= 15 is 4.39 Å². The number of allylic oxidation sites excluding steroid dienone is 1. The highest BCUT2D eigenvalue weighted by molar-refractivity contribution is 5.94. The van der Waals surface area contributed by atoms with Gasteiger partial charge in [-0.3, -0.25) is 9.69 Å². The molecule has 0 spiro atoms. The molecule has 5 rings (SSSR count). The van der Waals surface area contributed by atoms with Crippen LogP contribution in [0.15, 0.2) is 60.2 Å². The first kappa shape index (κ1) is 34.0. The summed E-state index contributed by atoms with van der Waals surface area (Å²) >= 11 is 0. The fourth-order valence-electron chi connectivity index (χ4n) is 6.50. The van der Waals surface area contributed by atoms with Crippen molar-refractivity contribution in [1.29, 1.82) is 0 Å². The van der Waals surface area contributed by atoms with Crippen molar-refractivity contribution in [3.05, 3.63) is 99.4 Å². The lowest BCUT2D eigenvalue weighted by Gasteiger charge is -2.35. The zero-order valence-corrected chi connectivity index (χ0v) is 26.1. The van der Waals surface area contributed by atoms with Gasteiger partial charge in [-0.05, 0) is 103 Å². The van der Waals surface area contributed by atoms with Crippen LogP contribution in [-0.4, -0.2) is 29.5 Å². The molecule has 2 N–H and O–H groups in total. The van der Waals surface area contributed by atoms with Gasteiger partial charge >= 0.3 is 18.4 Å². The van der Waals surface area contributed by atoms with Crippen molar-refractivity contribution >= 4 is 17.6 Å². The molecule has 3 aromatic carbocycles. The molecule has 3 aromatic rings. The van der Waals surface area contributed by atoms with E-state index < -0.39 is 53.4 Å². The molecule has 0 unspecified atom stereocenters. The number of primary amides is 1. The highest BCUT2D eigenvalue weighted by atomic mass is 19.4. The standard InChI is InChI=1S/C35H33F7N2O3/c1-18-11-22(13-24(12-18)34(37,38)39)30-19(2)44(32(46)47-30)17-23-16-33(3,4)10-9-25(23)27-14-20(6-8-29(27)36)26-7-5-21(31(43)45)15-28(26)35(40,41)42/h5-8,11-15,19,30H,9-10,16-17H2,1-4H3,(H2,43,45)/t19-,30-/m0/s1. The molecule has 1 aliphatic heterocycles. The fraction of sp³-hybridized carbons (Fsp3) is 0.371. The van der Waals surface area contributed by atoms with Crippen molar-refractivity contribution in [2.24, 2.45) is 11.1 Å². The monoisotopic (exact) mass is 662 g/mol. The Morgan fingerprint density at radius 2 is 1.68 bits per heavy atom. The van der Waals surface area contributed by atoms with Crippen molar-refractivity contribution in [1.82, 2.24) is 4.90 Å². The third kappa shape index (κ3) is 7.01. The Bertz CT molecular complexity index is 1780. The van der Waals surface area contributed by atoms with Gasteiger partial charge < -0.3 is 10.5 Å². The SMILES string of the molecule is Cc1cc([C@H]2OC(=O)N(CC3=C(c4cc(-c5ccc(C(N)=O)cc5C(F)(F)F)ccc4F)CCC(C)(C)C3)[C@H]2C)cc(C(F)(F)F)c1. The van der Waals surface area contributed by atoms with Gasteiger partial charge in [-0.25, -0.2) is 9.18 Å². The topological polar surface area (TPSA) is 72.6 Å². The maximum atomic E-state index is 15.5. The van der Waals surface area contributed by atoms with Crippen molar-refractivity contribution in [2.45, 2.75) is 71.5 Å². The number of carbonyl (C=O) groups excluding carboxylic acids is 2. The highest BCUT2D eigenvalue weighted by Crippen LogP contribution is 2.46. The average molecular weight is 663 g/mol. The summed E-state index contributed by atoms with van der Waals surface area (Å²) in [6.07, 6.45) is -9.75. The Balaban J connectivity index is 1.55. The molecule has 0 bridgehead atoms.